The van der Waals surface area contributed by atoms with E-state index < -0.39 is 0 Å². The Hall–Kier alpha value is -1.17. The zero-order chi connectivity index (χ0) is 10.3. The summed E-state index contributed by atoms with van der Waals surface area (Å²) in [6.45, 7) is 4.06. The lowest BCUT2D eigenvalue weighted by atomic mass is 9.65. The molecule has 78 valence electrons. The number of anilines is 1. The van der Waals surface area contributed by atoms with E-state index in [-0.39, 0.29) is 17.6 Å². The van der Waals surface area contributed by atoms with Gasteiger partial charge in [-0.3, -0.25) is 0 Å². The van der Waals surface area contributed by atoms with Crippen molar-refractivity contribution in [1.29, 1.82) is 0 Å². The zero-order valence-corrected chi connectivity index (χ0v) is 8.60. The summed E-state index contributed by atoms with van der Waals surface area (Å²) in [6, 6.07) is 0.238. The molecule has 1 aromatic heterocycles. The molecule has 1 saturated carbocycles. The molecule has 0 aromatic carbocycles. The molecule has 1 aliphatic rings. The van der Waals surface area contributed by atoms with E-state index in [1.54, 1.807) is 11.7 Å². The molecule has 0 spiro atoms. The maximum Gasteiger partial charge on any atom is 0.242 e. The van der Waals surface area contributed by atoms with Crippen molar-refractivity contribution in [2.75, 3.05) is 5.32 Å². The lowest BCUT2D eigenvalue weighted by Crippen LogP contribution is -2.57. The Morgan fingerprint density at radius 2 is 2.29 bits per heavy atom. The quantitative estimate of drug-likeness (QED) is 0.685. The van der Waals surface area contributed by atoms with Gasteiger partial charge >= 0.3 is 0 Å². The SMILES string of the molecule is Cn1nnnc1NC1CC(O)C1(C)C. The first-order chi connectivity index (χ1) is 6.51. The monoisotopic (exact) mass is 197 g/mol. The first kappa shape index (κ1) is 9.39. The van der Waals surface area contributed by atoms with Crippen molar-refractivity contribution in [3.05, 3.63) is 0 Å². The Kier molecular flexibility index (Phi) is 1.95. The van der Waals surface area contributed by atoms with Crippen molar-refractivity contribution < 1.29 is 5.11 Å². The van der Waals surface area contributed by atoms with Gasteiger partial charge in [-0.05, 0) is 16.8 Å². The summed E-state index contributed by atoms with van der Waals surface area (Å²) in [6.07, 6.45) is 0.515. The molecule has 2 unspecified atom stereocenters. The van der Waals surface area contributed by atoms with Crippen LogP contribution < -0.4 is 5.32 Å². The second kappa shape index (κ2) is 2.91. The minimum absolute atomic E-state index is 0.105. The van der Waals surface area contributed by atoms with E-state index in [9.17, 15) is 5.11 Å². The van der Waals surface area contributed by atoms with Crippen molar-refractivity contribution in [2.45, 2.75) is 32.4 Å². The van der Waals surface area contributed by atoms with E-state index in [0.29, 0.717) is 5.95 Å². The number of rotatable bonds is 2. The van der Waals surface area contributed by atoms with Gasteiger partial charge in [-0.25, -0.2) is 4.68 Å². The predicted octanol–water partition coefficient (Wildman–Crippen LogP) is -0.219. The van der Waals surface area contributed by atoms with E-state index in [4.69, 9.17) is 0 Å². The molecule has 0 aliphatic heterocycles. The molecule has 6 nitrogen and oxygen atoms in total. The summed E-state index contributed by atoms with van der Waals surface area (Å²) in [5.74, 6) is 0.648. The fourth-order valence-corrected chi connectivity index (χ4v) is 1.65. The highest BCUT2D eigenvalue weighted by Gasteiger charge is 2.47. The third-order valence-electron chi connectivity index (χ3n) is 3.14. The van der Waals surface area contributed by atoms with E-state index in [2.05, 4.69) is 20.8 Å². The fourth-order valence-electron chi connectivity index (χ4n) is 1.65. The van der Waals surface area contributed by atoms with Gasteiger partial charge in [-0.1, -0.05) is 18.9 Å². The van der Waals surface area contributed by atoms with Gasteiger partial charge in [0.2, 0.25) is 5.95 Å². The molecule has 0 bridgehead atoms. The molecular formula is C8H15N5O. The zero-order valence-electron chi connectivity index (χ0n) is 8.60. The van der Waals surface area contributed by atoms with Crippen LogP contribution in [0, 0.1) is 5.41 Å². The maximum absolute atomic E-state index is 9.55. The van der Waals surface area contributed by atoms with Gasteiger partial charge in [-0.2, -0.15) is 0 Å². The van der Waals surface area contributed by atoms with Crippen LogP contribution in [-0.4, -0.2) is 37.5 Å². The number of hydrogen-bond acceptors (Lipinski definition) is 5. The first-order valence-corrected chi connectivity index (χ1v) is 4.69. The van der Waals surface area contributed by atoms with Gasteiger partial charge in [0.15, 0.2) is 0 Å². The Morgan fingerprint density at radius 3 is 2.71 bits per heavy atom. The molecule has 0 saturated heterocycles. The van der Waals surface area contributed by atoms with Crippen LogP contribution in [0.3, 0.4) is 0 Å². The van der Waals surface area contributed by atoms with Crippen molar-refractivity contribution >= 4 is 5.95 Å². The molecule has 2 N–H and O–H groups in total. The van der Waals surface area contributed by atoms with E-state index in [1.165, 1.54) is 0 Å². The third-order valence-corrected chi connectivity index (χ3v) is 3.14. The summed E-state index contributed by atoms with van der Waals surface area (Å²) in [5.41, 5.74) is -0.105. The predicted molar refractivity (Wildman–Crippen MR) is 50.6 cm³/mol. The van der Waals surface area contributed by atoms with Crippen LogP contribution in [0.15, 0.2) is 0 Å². The highest BCUT2D eigenvalue weighted by atomic mass is 16.3. The molecular weight excluding hydrogens is 182 g/mol. The Balaban J connectivity index is 2.04. The van der Waals surface area contributed by atoms with Crippen LogP contribution in [0.25, 0.3) is 0 Å². The van der Waals surface area contributed by atoms with Crippen LogP contribution in [0.5, 0.6) is 0 Å². The number of aliphatic hydroxyl groups is 1. The number of tetrazole rings is 1. The summed E-state index contributed by atoms with van der Waals surface area (Å²) < 4.78 is 1.58. The molecule has 1 aliphatic carbocycles. The number of aryl methyl sites for hydroxylation is 1. The molecule has 1 heterocycles. The molecule has 1 fully saturated rings. The third kappa shape index (κ3) is 1.26. The molecule has 0 amide bonds. The Morgan fingerprint density at radius 1 is 1.57 bits per heavy atom. The largest absolute Gasteiger partial charge is 0.392 e. The normalized spacial score (nSPS) is 29.7. The van der Waals surface area contributed by atoms with E-state index >= 15 is 0 Å². The highest BCUT2D eigenvalue weighted by Crippen LogP contribution is 2.41. The standard InChI is InChI=1S/C8H15N5O/c1-8(2)5(4-6(8)14)9-7-10-11-12-13(7)3/h5-6,14H,4H2,1-3H3,(H,9,10,12). The molecule has 2 atom stereocenters. The molecule has 2 rings (SSSR count). The number of nitrogens with one attached hydrogen (secondary N) is 1. The number of aromatic nitrogens is 4. The highest BCUT2D eigenvalue weighted by molar-refractivity contribution is 5.27. The van der Waals surface area contributed by atoms with Gasteiger partial charge in [-0.15, -0.1) is 0 Å². The van der Waals surface area contributed by atoms with Crippen LogP contribution in [-0.2, 0) is 7.05 Å². The average Bonchev–Trinajstić information content (AvgIpc) is 2.51. The minimum Gasteiger partial charge on any atom is -0.392 e. The van der Waals surface area contributed by atoms with Gasteiger partial charge in [0, 0.05) is 18.5 Å². The molecule has 6 heteroatoms. The average molecular weight is 197 g/mol. The van der Waals surface area contributed by atoms with Crippen molar-refractivity contribution in [3.63, 3.8) is 0 Å². The Bertz CT molecular complexity index is 334. The summed E-state index contributed by atoms with van der Waals surface area (Å²) in [4.78, 5) is 0. The van der Waals surface area contributed by atoms with E-state index in [1.807, 2.05) is 13.8 Å². The lowest BCUT2D eigenvalue weighted by molar-refractivity contribution is -0.0513. The van der Waals surface area contributed by atoms with Crippen LogP contribution >= 0.6 is 0 Å². The smallest absolute Gasteiger partial charge is 0.242 e. The molecule has 1 aromatic rings. The van der Waals surface area contributed by atoms with Crippen molar-refractivity contribution in [3.8, 4) is 0 Å². The van der Waals surface area contributed by atoms with E-state index in [0.717, 1.165) is 6.42 Å². The van der Waals surface area contributed by atoms with Crippen LogP contribution in [0.2, 0.25) is 0 Å². The van der Waals surface area contributed by atoms with Crippen LogP contribution in [0.4, 0.5) is 5.95 Å². The Labute approximate surface area is 82.3 Å². The second-order valence-corrected chi connectivity index (χ2v) is 4.40. The number of nitrogens with zero attached hydrogens (tertiary/aromatic N) is 4. The second-order valence-electron chi connectivity index (χ2n) is 4.40. The summed E-state index contributed by atoms with van der Waals surface area (Å²) >= 11 is 0. The van der Waals surface area contributed by atoms with Crippen molar-refractivity contribution in [1.82, 2.24) is 20.2 Å². The topological polar surface area (TPSA) is 75.9 Å². The minimum atomic E-state index is -0.235. The first-order valence-electron chi connectivity index (χ1n) is 4.69. The molecule has 14 heavy (non-hydrogen) atoms. The van der Waals surface area contributed by atoms with Crippen LogP contribution in [0.1, 0.15) is 20.3 Å². The summed E-state index contributed by atoms with van der Waals surface area (Å²) in [7, 11) is 1.78. The number of hydrogen-bond donors (Lipinski definition) is 2. The number of aliphatic hydroxyl groups excluding tert-OH is 1. The fraction of sp³-hybridized carbons (Fsp3) is 0.875. The van der Waals surface area contributed by atoms with Gasteiger partial charge in [0.25, 0.3) is 0 Å². The van der Waals surface area contributed by atoms with Gasteiger partial charge < -0.3 is 10.4 Å². The summed E-state index contributed by atoms with van der Waals surface area (Å²) in [5, 5.41) is 23.9. The maximum atomic E-state index is 9.55. The molecule has 0 radical (unpaired) electrons. The lowest BCUT2D eigenvalue weighted by Gasteiger charge is -2.49. The van der Waals surface area contributed by atoms with Crippen molar-refractivity contribution in [2.24, 2.45) is 12.5 Å². The van der Waals surface area contributed by atoms with Gasteiger partial charge in [0.1, 0.15) is 0 Å². The van der Waals surface area contributed by atoms with Gasteiger partial charge in [0.05, 0.1) is 6.10 Å².